The molecule has 0 N–H and O–H groups in total. The summed E-state index contributed by atoms with van der Waals surface area (Å²) < 4.78 is 49.8. The lowest BCUT2D eigenvalue weighted by Gasteiger charge is -2.08. The van der Waals surface area contributed by atoms with Crippen LogP contribution in [0.2, 0.25) is 0 Å². The van der Waals surface area contributed by atoms with E-state index in [1.807, 2.05) is 0 Å². The van der Waals surface area contributed by atoms with E-state index in [4.69, 9.17) is 0 Å². The van der Waals surface area contributed by atoms with Crippen molar-refractivity contribution in [2.75, 3.05) is 6.26 Å². The number of nitrogens with zero attached hydrogens (tertiary/aromatic N) is 1. The Morgan fingerprint density at radius 1 is 1.53 bits per heavy atom. The van der Waals surface area contributed by atoms with Gasteiger partial charge in [0.05, 0.1) is 6.20 Å². The minimum absolute atomic E-state index is 0.0489. The summed E-state index contributed by atoms with van der Waals surface area (Å²) in [6.45, 7) is -3.01. The van der Waals surface area contributed by atoms with Crippen LogP contribution in [0.15, 0.2) is 18.5 Å². The van der Waals surface area contributed by atoms with Gasteiger partial charge in [-0.15, -0.1) is 0 Å². The van der Waals surface area contributed by atoms with E-state index in [0.717, 1.165) is 18.2 Å². The number of aromatic nitrogens is 1. The van der Waals surface area contributed by atoms with Crippen LogP contribution in [0.25, 0.3) is 0 Å². The van der Waals surface area contributed by atoms with Crippen LogP contribution < -0.4 is 4.74 Å². The van der Waals surface area contributed by atoms with Gasteiger partial charge in [-0.05, 0) is 6.07 Å². The van der Waals surface area contributed by atoms with Crippen molar-refractivity contribution in [1.29, 1.82) is 0 Å². The first kappa shape index (κ1) is 11.8. The summed E-state index contributed by atoms with van der Waals surface area (Å²) in [5.41, 5.74) is 0.0489. The molecule has 0 amide bonds. The van der Waals surface area contributed by atoms with E-state index in [1.54, 1.807) is 0 Å². The third-order valence-corrected chi connectivity index (χ3v) is 2.06. The molecule has 0 fully saturated rings. The molecule has 0 spiro atoms. The van der Waals surface area contributed by atoms with Crippen LogP contribution in [0, 0.1) is 5.75 Å². The van der Waals surface area contributed by atoms with Gasteiger partial charge in [0.1, 0.15) is 11.5 Å². The van der Waals surface area contributed by atoms with Crippen LogP contribution in [0.3, 0.4) is 0 Å². The standard InChI is InChI=1S/C8H8F2NO3S/c1-15(12,13)5-6-2-3-11-4-7(6)14-8(9)10/h2-5,8H,1H3. The summed E-state index contributed by atoms with van der Waals surface area (Å²) in [5, 5.41) is 0. The lowest BCUT2D eigenvalue weighted by atomic mass is 10.3. The Hall–Kier alpha value is -1.24. The molecule has 0 aromatic carbocycles. The Morgan fingerprint density at radius 2 is 2.20 bits per heavy atom. The van der Waals surface area contributed by atoms with Crippen LogP contribution in [0.4, 0.5) is 8.78 Å². The van der Waals surface area contributed by atoms with Gasteiger partial charge >= 0.3 is 6.61 Å². The summed E-state index contributed by atoms with van der Waals surface area (Å²) in [6, 6.07) is 1.28. The van der Waals surface area contributed by atoms with E-state index in [9.17, 15) is 17.2 Å². The largest absolute Gasteiger partial charge is 0.433 e. The number of rotatable bonds is 4. The number of hydrogen-bond donors (Lipinski definition) is 0. The molecule has 15 heavy (non-hydrogen) atoms. The van der Waals surface area contributed by atoms with Crippen molar-refractivity contribution in [3.8, 4) is 5.75 Å². The van der Waals surface area contributed by atoms with E-state index < -0.39 is 16.4 Å². The van der Waals surface area contributed by atoms with Crippen molar-refractivity contribution in [3.05, 3.63) is 29.8 Å². The molecule has 0 aliphatic heterocycles. The van der Waals surface area contributed by atoms with Gasteiger partial charge in [0.15, 0.2) is 9.84 Å². The molecule has 1 heterocycles. The molecule has 0 unspecified atom stereocenters. The van der Waals surface area contributed by atoms with Gasteiger partial charge < -0.3 is 4.74 Å². The molecule has 1 aromatic heterocycles. The number of halogens is 2. The minimum atomic E-state index is -3.41. The Labute approximate surface area is 85.8 Å². The predicted molar refractivity (Wildman–Crippen MR) is 49.1 cm³/mol. The molecule has 0 atom stereocenters. The zero-order chi connectivity index (χ0) is 11.5. The molecular weight excluding hydrogens is 228 g/mol. The number of sulfone groups is 1. The monoisotopic (exact) mass is 236 g/mol. The summed E-state index contributed by atoms with van der Waals surface area (Å²) in [4.78, 5) is 3.56. The highest BCUT2D eigenvalue weighted by atomic mass is 32.2. The molecule has 0 saturated carbocycles. The lowest BCUT2D eigenvalue weighted by Crippen LogP contribution is -2.06. The first-order chi connectivity index (χ1) is 6.88. The Bertz CT molecular complexity index is 433. The van der Waals surface area contributed by atoms with E-state index in [0.29, 0.717) is 0 Å². The first-order valence-corrected chi connectivity index (χ1v) is 5.77. The normalized spacial score (nSPS) is 11.7. The summed E-state index contributed by atoms with van der Waals surface area (Å²) in [7, 11) is -3.41. The molecule has 0 saturated heterocycles. The third-order valence-electron chi connectivity index (χ3n) is 1.37. The summed E-state index contributed by atoms with van der Waals surface area (Å²) in [5.74, 6) is 0.574. The average Bonchev–Trinajstić information content (AvgIpc) is 2.05. The molecule has 1 radical (unpaired) electrons. The van der Waals surface area contributed by atoms with Crippen molar-refractivity contribution in [2.24, 2.45) is 0 Å². The maximum Gasteiger partial charge on any atom is 0.387 e. The van der Waals surface area contributed by atoms with Crippen LogP contribution in [0.5, 0.6) is 5.75 Å². The van der Waals surface area contributed by atoms with Crippen molar-refractivity contribution >= 4 is 9.84 Å². The zero-order valence-corrected chi connectivity index (χ0v) is 8.54. The summed E-state index contributed by atoms with van der Waals surface area (Å²) >= 11 is 0. The number of pyridine rings is 1. The highest BCUT2D eigenvalue weighted by Gasteiger charge is 2.14. The molecule has 4 nitrogen and oxygen atoms in total. The van der Waals surface area contributed by atoms with Crippen LogP contribution in [0.1, 0.15) is 5.56 Å². The summed E-state index contributed by atoms with van der Waals surface area (Å²) in [6.07, 6.45) is 3.28. The maximum atomic E-state index is 11.9. The lowest BCUT2D eigenvalue weighted by molar-refractivity contribution is -0.0503. The Morgan fingerprint density at radius 3 is 2.73 bits per heavy atom. The highest BCUT2D eigenvalue weighted by molar-refractivity contribution is 7.92. The molecular formula is C8H8F2NO3S. The van der Waals surface area contributed by atoms with Gasteiger partial charge in [-0.1, -0.05) is 0 Å². The molecule has 83 valence electrons. The molecule has 1 rings (SSSR count). The van der Waals surface area contributed by atoms with E-state index >= 15 is 0 Å². The van der Waals surface area contributed by atoms with Crippen molar-refractivity contribution in [3.63, 3.8) is 0 Å². The van der Waals surface area contributed by atoms with Crippen LogP contribution in [-0.2, 0) is 9.84 Å². The topological polar surface area (TPSA) is 56.3 Å². The number of hydrogen-bond acceptors (Lipinski definition) is 4. The molecule has 1 aromatic rings. The Balaban J connectivity index is 2.96. The second-order valence-electron chi connectivity index (χ2n) is 2.74. The predicted octanol–water partition coefficient (Wildman–Crippen LogP) is 1.24. The highest BCUT2D eigenvalue weighted by Crippen LogP contribution is 2.21. The minimum Gasteiger partial charge on any atom is -0.433 e. The van der Waals surface area contributed by atoms with Gasteiger partial charge in [-0.2, -0.15) is 8.78 Å². The van der Waals surface area contributed by atoms with Crippen molar-refractivity contribution in [2.45, 2.75) is 6.61 Å². The van der Waals surface area contributed by atoms with Gasteiger partial charge in [0, 0.05) is 18.0 Å². The Kier molecular flexibility index (Phi) is 3.57. The van der Waals surface area contributed by atoms with Gasteiger partial charge in [-0.3, -0.25) is 4.98 Å². The maximum absolute atomic E-state index is 11.9. The fraction of sp³-hybridized carbons (Fsp3) is 0.250. The van der Waals surface area contributed by atoms with Gasteiger partial charge in [0.2, 0.25) is 0 Å². The van der Waals surface area contributed by atoms with E-state index in [2.05, 4.69) is 9.72 Å². The molecule has 7 heteroatoms. The third kappa shape index (κ3) is 4.20. The quantitative estimate of drug-likeness (QED) is 0.789. The number of alkyl halides is 2. The smallest absolute Gasteiger partial charge is 0.387 e. The second-order valence-corrected chi connectivity index (χ2v) is 4.63. The fourth-order valence-electron chi connectivity index (χ4n) is 0.913. The number of ether oxygens (including phenoxy) is 1. The molecule has 0 aliphatic rings. The SMILES string of the molecule is CS(=O)(=O)[CH]c1ccncc1OC(F)F. The molecule has 0 aliphatic carbocycles. The zero-order valence-electron chi connectivity index (χ0n) is 7.72. The van der Waals surface area contributed by atoms with Crippen molar-refractivity contribution < 1.29 is 21.9 Å². The van der Waals surface area contributed by atoms with Gasteiger partial charge in [0.25, 0.3) is 0 Å². The van der Waals surface area contributed by atoms with E-state index in [-0.39, 0.29) is 11.3 Å². The van der Waals surface area contributed by atoms with Crippen LogP contribution >= 0.6 is 0 Å². The fourth-order valence-corrected chi connectivity index (χ4v) is 1.57. The van der Waals surface area contributed by atoms with Crippen LogP contribution in [-0.4, -0.2) is 26.3 Å². The van der Waals surface area contributed by atoms with Crippen molar-refractivity contribution in [1.82, 2.24) is 4.98 Å². The first-order valence-electron chi connectivity index (χ1n) is 3.82. The molecule has 0 bridgehead atoms. The van der Waals surface area contributed by atoms with E-state index in [1.165, 1.54) is 12.3 Å². The second kappa shape index (κ2) is 4.52. The average molecular weight is 236 g/mol. The van der Waals surface area contributed by atoms with Gasteiger partial charge in [-0.25, -0.2) is 8.42 Å².